The quantitative estimate of drug-likeness (QED) is 0.269. The molecule has 0 radical (unpaired) electrons. The minimum atomic E-state index is -4.63. The number of aromatic amines is 1. The lowest BCUT2D eigenvalue weighted by atomic mass is 9.97. The molecule has 1 atom stereocenters. The number of azo groups is 1. The monoisotopic (exact) mass is 506 g/mol. The molecule has 13 nitrogen and oxygen atoms in total. The number of para-hydroxylation sites is 1. The number of aliphatic hydroxyl groups excluding tert-OH is 1. The standard InChI is InChI=1S/C19H22N8O5S2/c20-6-10(28)8-33(29,30)14-5-4-11(12-2-1-3-13-17(12)26-15(7-21)25-13)16(18(14)34(22,31)32)19-23-9-24-27-19/h1-5,10,28H,6-9,20-21H2,(H,25,26)(H2,22,31,32)/t10-/m0/s1. The summed E-state index contributed by atoms with van der Waals surface area (Å²) in [6, 6.07) is 7.73. The molecule has 2 aromatic carbocycles. The third-order valence-corrected chi connectivity index (χ3v) is 8.10. The molecular weight excluding hydrogens is 484 g/mol. The number of H-pyrrole nitrogens is 1. The van der Waals surface area contributed by atoms with Crippen molar-refractivity contribution in [2.75, 3.05) is 19.0 Å². The van der Waals surface area contributed by atoms with Crippen molar-refractivity contribution in [1.29, 1.82) is 0 Å². The van der Waals surface area contributed by atoms with Crippen molar-refractivity contribution in [2.24, 2.45) is 31.8 Å². The van der Waals surface area contributed by atoms with E-state index in [9.17, 15) is 21.9 Å². The van der Waals surface area contributed by atoms with Crippen molar-refractivity contribution in [1.82, 2.24) is 9.97 Å². The summed E-state index contributed by atoms with van der Waals surface area (Å²) < 4.78 is 51.7. The van der Waals surface area contributed by atoms with Crippen LogP contribution in [0.3, 0.4) is 0 Å². The molecule has 2 heterocycles. The summed E-state index contributed by atoms with van der Waals surface area (Å²) in [6.45, 7) is -0.253. The number of fused-ring (bicyclic) bond motifs is 1. The second-order valence-electron chi connectivity index (χ2n) is 7.49. The van der Waals surface area contributed by atoms with Crippen LogP contribution in [0.15, 0.2) is 55.3 Å². The average molecular weight is 507 g/mol. The van der Waals surface area contributed by atoms with Crippen LogP contribution in [-0.4, -0.2) is 62.8 Å². The predicted octanol–water partition coefficient (Wildman–Crippen LogP) is -0.401. The number of nitrogens with zero attached hydrogens (tertiary/aromatic N) is 4. The zero-order valence-electron chi connectivity index (χ0n) is 17.7. The Kier molecular flexibility index (Phi) is 6.32. The summed E-state index contributed by atoms with van der Waals surface area (Å²) in [5, 5.41) is 23.1. The number of hydrogen-bond donors (Lipinski definition) is 5. The van der Waals surface area contributed by atoms with Crippen LogP contribution in [0.25, 0.3) is 22.2 Å². The summed E-state index contributed by atoms with van der Waals surface area (Å²) in [4.78, 5) is 10.4. The fraction of sp³-hybridized carbons (Fsp3) is 0.263. The fourth-order valence-electron chi connectivity index (χ4n) is 3.70. The fourth-order valence-corrected chi connectivity index (χ4v) is 6.75. The predicted molar refractivity (Wildman–Crippen MR) is 124 cm³/mol. The number of sulfone groups is 1. The van der Waals surface area contributed by atoms with Crippen molar-refractivity contribution >= 4 is 36.7 Å². The first-order valence-electron chi connectivity index (χ1n) is 9.98. The molecule has 180 valence electrons. The summed E-state index contributed by atoms with van der Waals surface area (Å²) in [5.74, 6) is -0.390. The van der Waals surface area contributed by atoms with Gasteiger partial charge in [-0.25, -0.2) is 32.0 Å². The number of nitrogens with one attached hydrogen (secondary N) is 1. The maximum absolute atomic E-state index is 13.1. The molecule has 15 heteroatoms. The molecule has 0 saturated carbocycles. The number of amidine groups is 1. The molecular formula is C19H22N8O5S2. The molecule has 0 saturated heterocycles. The Labute approximate surface area is 194 Å². The first-order valence-corrected chi connectivity index (χ1v) is 13.2. The van der Waals surface area contributed by atoms with Crippen molar-refractivity contribution in [3.63, 3.8) is 0 Å². The molecule has 1 aliphatic rings. The number of sulfonamides is 1. The highest BCUT2D eigenvalue weighted by molar-refractivity contribution is 7.93. The molecule has 34 heavy (non-hydrogen) atoms. The smallest absolute Gasteiger partial charge is 0.240 e. The molecule has 8 N–H and O–H groups in total. The SMILES string of the molecule is NCc1nc2c(-c3ccc(S(=O)(=O)C[C@@H](O)CN)c(S(N)(=O)=O)c3C3=NCN=N3)cccc2[nH]1. The highest BCUT2D eigenvalue weighted by atomic mass is 32.2. The van der Waals surface area contributed by atoms with E-state index in [2.05, 4.69) is 25.2 Å². The van der Waals surface area contributed by atoms with Crippen LogP contribution in [0.5, 0.6) is 0 Å². The van der Waals surface area contributed by atoms with E-state index in [1.54, 1.807) is 18.2 Å². The maximum atomic E-state index is 13.1. The molecule has 0 bridgehead atoms. The lowest BCUT2D eigenvalue weighted by Gasteiger charge is -2.18. The number of aromatic nitrogens is 2. The Morgan fingerprint density at radius 2 is 1.85 bits per heavy atom. The van der Waals surface area contributed by atoms with Crippen molar-refractivity contribution < 1.29 is 21.9 Å². The molecule has 0 unspecified atom stereocenters. The van der Waals surface area contributed by atoms with Crippen molar-refractivity contribution in [3.05, 3.63) is 41.7 Å². The van der Waals surface area contributed by atoms with Gasteiger partial charge >= 0.3 is 0 Å². The van der Waals surface area contributed by atoms with Gasteiger partial charge in [0.15, 0.2) is 22.3 Å². The third-order valence-electron chi connectivity index (χ3n) is 5.14. The lowest BCUT2D eigenvalue weighted by Crippen LogP contribution is -2.30. The van der Waals surface area contributed by atoms with Crippen LogP contribution in [0, 0.1) is 0 Å². The van der Waals surface area contributed by atoms with E-state index in [-0.39, 0.29) is 36.7 Å². The highest BCUT2D eigenvalue weighted by Gasteiger charge is 2.33. The van der Waals surface area contributed by atoms with Gasteiger partial charge in [0.2, 0.25) is 10.0 Å². The van der Waals surface area contributed by atoms with E-state index < -0.39 is 41.5 Å². The minimum Gasteiger partial charge on any atom is -0.391 e. The number of hydrogen-bond acceptors (Lipinski definition) is 11. The Balaban J connectivity index is 2.10. The van der Waals surface area contributed by atoms with Gasteiger partial charge in [-0.3, -0.25) is 0 Å². The van der Waals surface area contributed by atoms with Crippen LogP contribution in [0.1, 0.15) is 11.4 Å². The van der Waals surface area contributed by atoms with E-state index in [1.807, 2.05) is 0 Å². The van der Waals surface area contributed by atoms with Gasteiger partial charge in [0, 0.05) is 12.1 Å². The minimum absolute atomic E-state index is 0.0639. The topological polar surface area (TPSA) is 232 Å². The van der Waals surface area contributed by atoms with Crippen LogP contribution in [0.2, 0.25) is 0 Å². The number of nitrogens with two attached hydrogens (primary N) is 3. The summed E-state index contributed by atoms with van der Waals surface area (Å²) in [6.07, 6.45) is -1.41. The largest absolute Gasteiger partial charge is 0.391 e. The normalized spacial score (nSPS) is 15.1. The van der Waals surface area contributed by atoms with Crippen molar-refractivity contribution in [2.45, 2.75) is 22.4 Å². The van der Waals surface area contributed by atoms with Crippen LogP contribution in [-0.2, 0) is 26.4 Å². The van der Waals surface area contributed by atoms with Gasteiger partial charge in [-0.05, 0) is 17.7 Å². The number of imidazole rings is 1. The molecule has 4 rings (SSSR count). The molecule has 0 spiro atoms. The van der Waals surface area contributed by atoms with E-state index in [0.717, 1.165) is 6.07 Å². The van der Waals surface area contributed by atoms with Gasteiger partial charge in [-0.15, -0.1) is 5.11 Å². The number of benzene rings is 2. The molecule has 0 aliphatic carbocycles. The Bertz CT molecular complexity index is 1540. The van der Waals surface area contributed by atoms with E-state index in [0.29, 0.717) is 22.4 Å². The van der Waals surface area contributed by atoms with Crippen LogP contribution in [0.4, 0.5) is 0 Å². The van der Waals surface area contributed by atoms with E-state index in [4.69, 9.17) is 16.6 Å². The number of primary sulfonamides is 1. The summed E-state index contributed by atoms with van der Waals surface area (Å²) in [5.41, 5.74) is 12.8. The summed E-state index contributed by atoms with van der Waals surface area (Å²) in [7, 11) is -8.97. The lowest BCUT2D eigenvalue weighted by molar-refractivity contribution is 0.205. The van der Waals surface area contributed by atoms with Gasteiger partial charge < -0.3 is 21.6 Å². The molecule has 0 amide bonds. The number of aliphatic imine (C=N–C) groups is 1. The van der Waals surface area contributed by atoms with Gasteiger partial charge in [0.05, 0.1) is 39.9 Å². The molecule has 0 fully saturated rings. The second-order valence-corrected chi connectivity index (χ2v) is 11.0. The van der Waals surface area contributed by atoms with E-state index in [1.165, 1.54) is 6.07 Å². The average Bonchev–Trinajstić information content (AvgIpc) is 3.46. The highest BCUT2D eigenvalue weighted by Crippen LogP contribution is 2.37. The Morgan fingerprint density at radius 1 is 1.09 bits per heavy atom. The van der Waals surface area contributed by atoms with Gasteiger partial charge in [-0.1, -0.05) is 18.2 Å². The van der Waals surface area contributed by atoms with E-state index >= 15 is 0 Å². The Hall–Kier alpha value is -3.08. The zero-order chi connectivity index (χ0) is 24.7. The van der Waals surface area contributed by atoms with Crippen molar-refractivity contribution in [3.8, 4) is 11.1 Å². The van der Waals surface area contributed by atoms with Gasteiger partial charge in [-0.2, -0.15) is 5.11 Å². The second kappa shape index (κ2) is 8.94. The number of aliphatic hydroxyl groups is 1. The maximum Gasteiger partial charge on any atom is 0.240 e. The third kappa shape index (κ3) is 4.36. The first kappa shape index (κ1) is 24.1. The molecule has 1 aliphatic heterocycles. The summed E-state index contributed by atoms with van der Waals surface area (Å²) >= 11 is 0. The Morgan fingerprint density at radius 3 is 2.47 bits per heavy atom. The van der Waals surface area contributed by atoms with Gasteiger partial charge in [0.1, 0.15) is 10.7 Å². The van der Waals surface area contributed by atoms with Gasteiger partial charge in [0.25, 0.3) is 0 Å². The zero-order valence-corrected chi connectivity index (χ0v) is 19.3. The molecule has 1 aromatic heterocycles. The first-order chi connectivity index (χ1) is 16.1. The van der Waals surface area contributed by atoms with Crippen LogP contribution < -0.4 is 16.6 Å². The molecule has 3 aromatic rings. The number of rotatable bonds is 8. The van der Waals surface area contributed by atoms with Crippen LogP contribution >= 0.6 is 0 Å².